The van der Waals surface area contributed by atoms with Gasteiger partial charge in [-0.2, -0.15) is 0 Å². The molecule has 2 amide bonds. The highest BCUT2D eigenvalue weighted by Crippen LogP contribution is 2.16. The first-order valence-corrected chi connectivity index (χ1v) is 9.83. The highest BCUT2D eigenvalue weighted by molar-refractivity contribution is 6.03. The van der Waals surface area contributed by atoms with Gasteiger partial charge in [0.25, 0.3) is 5.91 Å². The van der Waals surface area contributed by atoms with Gasteiger partial charge in [0.05, 0.1) is 17.9 Å². The monoisotopic (exact) mass is 439 g/mol. The minimum absolute atomic E-state index is 0.0255. The van der Waals surface area contributed by atoms with Gasteiger partial charge in [0.1, 0.15) is 12.4 Å². The number of carbonyl (C=O) groups is 3. The van der Waals surface area contributed by atoms with Crippen molar-refractivity contribution in [3.8, 4) is 0 Å². The number of esters is 1. The van der Waals surface area contributed by atoms with Crippen molar-refractivity contribution in [2.75, 3.05) is 17.2 Å². The number of amides is 2. The van der Waals surface area contributed by atoms with E-state index in [1.54, 1.807) is 57.2 Å². The molecule has 9 nitrogen and oxygen atoms in total. The maximum absolute atomic E-state index is 13.7. The van der Waals surface area contributed by atoms with E-state index in [0.29, 0.717) is 22.5 Å². The van der Waals surface area contributed by atoms with Crippen LogP contribution in [0.3, 0.4) is 0 Å². The first kappa shape index (κ1) is 22.6. The average Bonchev–Trinajstić information content (AvgIpc) is 3.11. The lowest BCUT2D eigenvalue weighted by atomic mass is 10.2. The van der Waals surface area contributed by atoms with Crippen molar-refractivity contribution in [3.05, 3.63) is 70.8 Å². The number of carbonyl (C=O) groups excluding carboxylic acids is 3. The highest BCUT2D eigenvalue weighted by Gasteiger charge is 2.18. The molecule has 0 bridgehead atoms. The van der Waals surface area contributed by atoms with E-state index in [-0.39, 0.29) is 24.5 Å². The number of rotatable bonds is 7. The maximum atomic E-state index is 13.7. The van der Waals surface area contributed by atoms with Crippen LogP contribution in [0.4, 0.5) is 15.8 Å². The number of aryl methyl sites for hydroxylation is 1. The Balaban J connectivity index is 1.62. The molecule has 0 atom stereocenters. The van der Waals surface area contributed by atoms with Gasteiger partial charge in [-0.05, 0) is 62.7 Å². The largest absolute Gasteiger partial charge is 0.462 e. The molecule has 2 aromatic carbocycles. The number of nitrogens with one attached hydrogen (secondary N) is 2. The van der Waals surface area contributed by atoms with Crippen molar-refractivity contribution in [2.45, 2.75) is 27.3 Å². The van der Waals surface area contributed by atoms with Crippen LogP contribution < -0.4 is 10.6 Å². The van der Waals surface area contributed by atoms with Gasteiger partial charge in [-0.25, -0.2) is 13.9 Å². The molecule has 0 fully saturated rings. The molecule has 0 spiro atoms. The normalized spacial score (nSPS) is 10.5. The predicted octanol–water partition coefficient (Wildman–Crippen LogP) is 3.10. The van der Waals surface area contributed by atoms with Crippen LogP contribution in [0, 0.1) is 19.7 Å². The number of aromatic nitrogens is 3. The van der Waals surface area contributed by atoms with E-state index in [0.717, 1.165) is 0 Å². The van der Waals surface area contributed by atoms with Crippen LogP contribution in [0.1, 0.15) is 39.0 Å². The Morgan fingerprint density at radius 1 is 1.03 bits per heavy atom. The smallest absolute Gasteiger partial charge is 0.338 e. The number of hydrogen-bond donors (Lipinski definition) is 2. The number of anilines is 2. The van der Waals surface area contributed by atoms with E-state index < -0.39 is 23.6 Å². The Hall–Kier alpha value is -4.08. The molecule has 3 aromatic rings. The van der Waals surface area contributed by atoms with Crippen molar-refractivity contribution in [1.29, 1.82) is 0 Å². The zero-order valence-electron chi connectivity index (χ0n) is 17.8. The lowest BCUT2D eigenvalue weighted by Crippen LogP contribution is -2.21. The first-order valence-electron chi connectivity index (χ1n) is 9.83. The van der Waals surface area contributed by atoms with Gasteiger partial charge in [-0.15, -0.1) is 5.10 Å². The van der Waals surface area contributed by atoms with Crippen molar-refractivity contribution in [1.82, 2.24) is 15.0 Å². The molecule has 0 saturated carbocycles. The minimum atomic E-state index is -0.563. The molecule has 2 N–H and O–H groups in total. The maximum Gasteiger partial charge on any atom is 0.338 e. The Bertz CT molecular complexity index is 1160. The van der Waals surface area contributed by atoms with E-state index in [9.17, 15) is 18.8 Å². The minimum Gasteiger partial charge on any atom is -0.462 e. The van der Waals surface area contributed by atoms with E-state index in [4.69, 9.17) is 4.74 Å². The lowest BCUT2D eigenvalue weighted by molar-refractivity contribution is -0.117. The van der Waals surface area contributed by atoms with E-state index in [1.807, 2.05) is 0 Å². The Morgan fingerprint density at radius 2 is 1.72 bits per heavy atom. The molecule has 10 heteroatoms. The Morgan fingerprint density at radius 3 is 2.38 bits per heavy atom. The van der Waals surface area contributed by atoms with Crippen molar-refractivity contribution in [3.63, 3.8) is 0 Å². The molecule has 0 saturated heterocycles. The Labute approximate surface area is 183 Å². The van der Waals surface area contributed by atoms with Gasteiger partial charge in [-0.3, -0.25) is 9.59 Å². The fourth-order valence-electron chi connectivity index (χ4n) is 2.82. The van der Waals surface area contributed by atoms with Gasteiger partial charge in [0, 0.05) is 11.4 Å². The van der Waals surface area contributed by atoms with Crippen LogP contribution in [0.15, 0.2) is 42.5 Å². The second-order valence-electron chi connectivity index (χ2n) is 6.95. The zero-order valence-corrected chi connectivity index (χ0v) is 17.8. The van der Waals surface area contributed by atoms with Crippen LogP contribution in [0.25, 0.3) is 0 Å². The topological polar surface area (TPSA) is 115 Å². The van der Waals surface area contributed by atoms with Crippen molar-refractivity contribution >= 4 is 29.2 Å². The molecular formula is C22H22FN5O4. The molecule has 0 aliphatic carbocycles. The zero-order chi connectivity index (χ0) is 23.3. The summed E-state index contributed by atoms with van der Waals surface area (Å²) in [6, 6.07) is 10.6. The molecule has 0 aliphatic rings. The second-order valence-corrected chi connectivity index (χ2v) is 6.95. The highest BCUT2D eigenvalue weighted by atomic mass is 19.1. The summed E-state index contributed by atoms with van der Waals surface area (Å²) >= 11 is 0. The van der Waals surface area contributed by atoms with Gasteiger partial charge in [0.2, 0.25) is 5.91 Å². The summed E-state index contributed by atoms with van der Waals surface area (Å²) in [5, 5.41) is 12.9. The van der Waals surface area contributed by atoms with Crippen LogP contribution in [0.2, 0.25) is 0 Å². The average molecular weight is 439 g/mol. The molecular weight excluding hydrogens is 417 g/mol. The number of nitrogens with zero attached hydrogens (tertiary/aromatic N) is 3. The summed E-state index contributed by atoms with van der Waals surface area (Å²) in [5.41, 5.74) is 2.02. The van der Waals surface area contributed by atoms with E-state index in [1.165, 1.54) is 10.7 Å². The number of halogens is 1. The molecule has 1 aromatic heterocycles. The van der Waals surface area contributed by atoms with Gasteiger partial charge < -0.3 is 15.4 Å². The molecule has 166 valence electrons. The lowest BCUT2D eigenvalue weighted by Gasteiger charge is -2.08. The van der Waals surface area contributed by atoms with Gasteiger partial charge in [0.15, 0.2) is 5.69 Å². The molecule has 3 rings (SSSR count). The van der Waals surface area contributed by atoms with E-state index in [2.05, 4.69) is 20.9 Å². The third-order valence-electron chi connectivity index (χ3n) is 4.60. The number of ether oxygens (including phenoxy) is 1. The van der Waals surface area contributed by atoms with Gasteiger partial charge in [-0.1, -0.05) is 11.3 Å². The SMILES string of the molecule is CCOC(=O)c1ccc(NC(=O)Cn2nnc(C(=O)Nc3ccc(C)c(F)c3)c2C)cc1. The summed E-state index contributed by atoms with van der Waals surface area (Å²) in [6.45, 7) is 5.04. The third kappa shape index (κ3) is 5.34. The van der Waals surface area contributed by atoms with E-state index >= 15 is 0 Å². The quantitative estimate of drug-likeness (QED) is 0.547. The summed E-state index contributed by atoms with van der Waals surface area (Å²) < 4.78 is 19.9. The molecule has 0 unspecified atom stereocenters. The van der Waals surface area contributed by atoms with Crippen LogP contribution in [-0.2, 0) is 16.1 Å². The van der Waals surface area contributed by atoms with Crippen LogP contribution in [0.5, 0.6) is 0 Å². The summed E-state index contributed by atoms with van der Waals surface area (Å²) in [6.07, 6.45) is 0. The van der Waals surface area contributed by atoms with Gasteiger partial charge >= 0.3 is 5.97 Å². The van der Waals surface area contributed by atoms with Crippen molar-refractivity contribution < 1.29 is 23.5 Å². The summed E-state index contributed by atoms with van der Waals surface area (Å²) in [5.74, 6) is -1.83. The number of benzene rings is 2. The fraction of sp³-hybridized carbons (Fsp3) is 0.227. The summed E-state index contributed by atoms with van der Waals surface area (Å²) in [4.78, 5) is 36.5. The third-order valence-corrected chi connectivity index (χ3v) is 4.60. The Kier molecular flexibility index (Phi) is 6.93. The fourth-order valence-corrected chi connectivity index (χ4v) is 2.82. The molecule has 1 heterocycles. The van der Waals surface area contributed by atoms with Crippen LogP contribution in [-0.4, -0.2) is 39.4 Å². The molecule has 0 radical (unpaired) electrons. The van der Waals surface area contributed by atoms with Crippen LogP contribution >= 0.6 is 0 Å². The standard InChI is InChI=1S/C22H22FN5O4/c1-4-32-22(31)15-6-9-16(10-7-15)24-19(29)12-28-14(3)20(26-27-28)21(30)25-17-8-5-13(2)18(23)11-17/h5-11H,4,12H2,1-3H3,(H,24,29)(H,25,30). The van der Waals surface area contributed by atoms with Crippen molar-refractivity contribution in [2.24, 2.45) is 0 Å². The first-order chi connectivity index (χ1) is 15.3. The molecule has 32 heavy (non-hydrogen) atoms. The second kappa shape index (κ2) is 9.82. The predicted molar refractivity (Wildman–Crippen MR) is 115 cm³/mol. The summed E-state index contributed by atoms with van der Waals surface area (Å²) in [7, 11) is 0. The number of hydrogen-bond acceptors (Lipinski definition) is 6. The molecule has 0 aliphatic heterocycles.